The third kappa shape index (κ3) is 2.60. The predicted octanol–water partition coefficient (Wildman–Crippen LogP) is 2.67. The quantitative estimate of drug-likeness (QED) is 0.767. The molecule has 18 heavy (non-hydrogen) atoms. The summed E-state index contributed by atoms with van der Waals surface area (Å²) >= 11 is 6.13. The van der Waals surface area contributed by atoms with Crippen LogP contribution in [0.2, 0.25) is 5.02 Å². The average Bonchev–Trinajstić information content (AvgIpc) is 2.37. The highest BCUT2D eigenvalue weighted by atomic mass is 35.5. The van der Waals surface area contributed by atoms with Crippen LogP contribution in [-0.4, -0.2) is 15.0 Å². The minimum Gasteiger partial charge on any atom is -0.495 e. The molecule has 1 nitrogen and oxygen atoms in total. The van der Waals surface area contributed by atoms with Crippen molar-refractivity contribution in [2.45, 2.75) is 0 Å². The number of halogens is 1. The van der Waals surface area contributed by atoms with Crippen LogP contribution >= 0.6 is 11.6 Å². The fourth-order valence-electron chi connectivity index (χ4n) is 1.85. The predicted molar refractivity (Wildman–Crippen MR) is 80.8 cm³/mol. The van der Waals surface area contributed by atoms with E-state index in [1.807, 2.05) is 30.3 Å². The Morgan fingerprint density at radius 2 is 1.89 bits per heavy atom. The zero-order chi connectivity index (χ0) is 13.1. The van der Waals surface area contributed by atoms with E-state index in [2.05, 4.69) is 26.6 Å². The lowest BCUT2D eigenvalue weighted by Crippen LogP contribution is -2.02. The van der Waals surface area contributed by atoms with Gasteiger partial charge >= 0.3 is 0 Å². The maximum Gasteiger partial charge on any atom is 0.139 e. The SMILES string of the molecule is Bc1cccc(C(=C)c2ccc(OC)c(Cl)c2)c1. The Morgan fingerprint density at radius 3 is 2.50 bits per heavy atom. The van der Waals surface area contributed by atoms with E-state index in [1.54, 1.807) is 7.11 Å². The molecule has 2 rings (SSSR count). The summed E-state index contributed by atoms with van der Waals surface area (Å²) in [4.78, 5) is 0. The Balaban J connectivity index is 2.37. The standard InChI is InChI=1S/C15H14BClO/c1-10(11-4-3-5-13(16)8-11)12-6-7-15(18-2)14(17)9-12/h3-9H,1,16H2,2H3. The van der Waals surface area contributed by atoms with Crippen LogP contribution in [0, 0.1) is 0 Å². The van der Waals surface area contributed by atoms with E-state index >= 15 is 0 Å². The summed E-state index contributed by atoms with van der Waals surface area (Å²) in [6.45, 7) is 4.13. The third-order valence-corrected chi connectivity index (χ3v) is 3.16. The molecule has 0 saturated heterocycles. The van der Waals surface area contributed by atoms with Crippen LogP contribution in [-0.2, 0) is 0 Å². The van der Waals surface area contributed by atoms with Crippen LogP contribution in [0.1, 0.15) is 11.1 Å². The van der Waals surface area contributed by atoms with Gasteiger partial charge in [-0.3, -0.25) is 0 Å². The topological polar surface area (TPSA) is 9.23 Å². The van der Waals surface area contributed by atoms with E-state index in [9.17, 15) is 0 Å². The lowest BCUT2D eigenvalue weighted by molar-refractivity contribution is 0.415. The fourth-order valence-corrected chi connectivity index (χ4v) is 2.11. The highest BCUT2D eigenvalue weighted by molar-refractivity contribution is 6.32. The van der Waals surface area contributed by atoms with Gasteiger partial charge in [0.15, 0.2) is 0 Å². The van der Waals surface area contributed by atoms with E-state index in [4.69, 9.17) is 16.3 Å². The molecule has 0 unspecified atom stereocenters. The molecule has 90 valence electrons. The minimum atomic E-state index is 0.601. The normalized spacial score (nSPS) is 10.1. The van der Waals surface area contributed by atoms with Gasteiger partial charge < -0.3 is 4.74 Å². The van der Waals surface area contributed by atoms with E-state index in [1.165, 1.54) is 5.46 Å². The van der Waals surface area contributed by atoms with Crippen molar-refractivity contribution in [1.29, 1.82) is 0 Å². The third-order valence-electron chi connectivity index (χ3n) is 2.87. The molecule has 0 heterocycles. The van der Waals surface area contributed by atoms with Crippen LogP contribution < -0.4 is 10.2 Å². The lowest BCUT2D eigenvalue weighted by Gasteiger charge is -2.09. The Hall–Kier alpha value is -1.67. The highest BCUT2D eigenvalue weighted by Gasteiger charge is 2.06. The average molecular weight is 257 g/mol. The largest absolute Gasteiger partial charge is 0.495 e. The summed E-state index contributed by atoms with van der Waals surface area (Å²) in [5, 5.41) is 0.601. The molecule has 0 aliphatic heterocycles. The molecule has 2 aromatic rings. The number of rotatable bonds is 3. The Bertz CT molecular complexity index is 593. The molecule has 0 amide bonds. The molecular formula is C15H14BClO. The molecule has 0 bridgehead atoms. The molecule has 0 aromatic heterocycles. The molecule has 0 saturated carbocycles. The summed E-state index contributed by atoms with van der Waals surface area (Å²) in [7, 11) is 3.67. The monoisotopic (exact) mass is 256 g/mol. The highest BCUT2D eigenvalue weighted by Crippen LogP contribution is 2.29. The molecule has 2 aromatic carbocycles. The molecule has 3 heteroatoms. The van der Waals surface area contributed by atoms with Gasteiger partial charge in [0.1, 0.15) is 13.6 Å². The fraction of sp³-hybridized carbons (Fsp3) is 0.0667. The molecule has 0 spiro atoms. The van der Waals surface area contributed by atoms with Crippen molar-refractivity contribution in [1.82, 2.24) is 0 Å². The Kier molecular flexibility index (Phi) is 3.78. The van der Waals surface area contributed by atoms with Crippen LogP contribution in [0.5, 0.6) is 5.75 Å². The molecule has 0 N–H and O–H groups in total. The van der Waals surface area contributed by atoms with Gasteiger partial charge in [-0.05, 0) is 28.8 Å². The van der Waals surface area contributed by atoms with Crippen LogP contribution in [0.3, 0.4) is 0 Å². The first-order chi connectivity index (χ1) is 8.61. The van der Waals surface area contributed by atoms with Crippen molar-refractivity contribution < 1.29 is 4.74 Å². The van der Waals surface area contributed by atoms with E-state index in [0.29, 0.717) is 10.8 Å². The second kappa shape index (κ2) is 5.32. The number of methoxy groups -OCH3 is 1. The Labute approximate surface area is 113 Å². The van der Waals surface area contributed by atoms with Crippen LogP contribution in [0.4, 0.5) is 0 Å². The van der Waals surface area contributed by atoms with Crippen molar-refractivity contribution in [2.24, 2.45) is 0 Å². The zero-order valence-corrected chi connectivity index (χ0v) is 11.3. The number of ether oxygens (including phenoxy) is 1. The van der Waals surface area contributed by atoms with Gasteiger partial charge in [-0.25, -0.2) is 0 Å². The van der Waals surface area contributed by atoms with Gasteiger partial charge in [0, 0.05) is 0 Å². The summed E-state index contributed by atoms with van der Waals surface area (Å²) in [5.74, 6) is 0.678. The summed E-state index contributed by atoms with van der Waals surface area (Å²) in [5.41, 5.74) is 4.29. The van der Waals surface area contributed by atoms with Crippen molar-refractivity contribution >= 4 is 30.5 Å². The summed E-state index contributed by atoms with van der Waals surface area (Å²) < 4.78 is 5.14. The molecule has 0 atom stereocenters. The first kappa shape index (κ1) is 12.8. The van der Waals surface area contributed by atoms with Gasteiger partial charge in [-0.2, -0.15) is 0 Å². The van der Waals surface area contributed by atoms with Crippen LogP contribution in [0.15, 0.2) is 49.0 Å². The van der Waals surface area contributed by atoms with Gasteiger partial charge in [0.05, 0.1) is 12.1 Å². The molecule has 0 aliphatic rings. The van der Waals surface area contributed by atoms with Gasteiger partial charge in [-0.15, -0.1) is 0 Å². The van der Waals surface area contributed by atoms with Gasteiger partial charge in [-0.1, -0.05) is 54.0 Å². The van der Waals surface area contributed by atoms with Crippen molar-refractivity contribution in [2.75, 3.05) is 7.11 Å². The van der Waals surface area contributed by atoms with E-state index in [0.717, 1.165) is 16.7 Å². The lowest BCUT2D eigenvalue weighted by atomic mass is 9.91. The first-order valence-corrected chi connectivity index (χ1v) is 6.09. The molecule has 0 radical (unpaired) electrons. The summed E-state index contributed by atoms with van der Waals surface area (Å²) in [6, 6.07) is 14.0. The Morgan fingerprint density at radius 1 is 1.17 bits per heavy atom. The number of hydrogen-bond acceptors (Lipinski definition) is 1. The maximum absolute atomic E-state index is 6.13. The van der Waals surface area contributed by atoms with Crippen molar-refractivity contribution in [3.63, 3.8) is 0 Å². The second-order valence-corrected chi connectivity index (χ2v) is 4.60. The molecule has 0 fully saturated rings. The smallest absolute Gasteiger partial charge is 0.139 e. The molecule has 0 aliphatic carbocycles. The van der Waals surface area contributed by atoms with Crippen LogP contribution in [0.25, 0.3) is 5.57 Å². The van der Waals surface area contributed by atoms with E-state index in [-0.39, 0.29) is 0 Å². The minimum absolute atomic E-state index is 0.601. The molecular weight excluding hydrogens is 242 g/mol. The second-order valence-electron chi connectivity index (χ2n) is 4.20. The van der Waals surface area contributed by atoms with Crippen molar-refractivity contribution in [3.8, 4) is 5.75 Å². The first-order valence-electron chi connectivity index (χ1n) is 5.71. The zero-order valence-electron chi connectivity index (χ0n) is 10.5. The van der Waals surface area contributed by atoms with E-state index < -0.39 is 0 Å². The maximum atomic E-state index is 6.13. The number of benzene rings is 2. The number of hydrogen-bond donors (Lipinski definition) is 0. The van der Waals surface area contributed by atoms with Gasteiger partial charge in [0.2, 0.25) is 0 Å². The van der Waals surface area contributed by atoms with Gasteiger partial charge in [0.25, 0.3) is 0 Å². The van der Waals surface area contributed by atoms with Crippen molar-refractivity contribution in [3.05, 3.63) is 65.2 Å². The summed E-state index contributed by atoms with van der Waals surface area (Å²) in [6.07, 6.45) is 0.